The molecule has 0 spiro atoms. The van der Waals surface area contributed by atoms with Crippen LogP contribution in [0.5, 0.6) is 0 Å². The first-order valence-corrected chi connectivity index (χ1v) is 8.97. The molecule has 0 saturated carbocycles. The smallest absolute Gasteiger partial charge is 0.0500 e. The van der Waals surface area contributed by atoms with Gasteiger partial charge in [0.15, 0.2) is 0 Å². The SMILES string of the molecule is CCC(N)C(c1ccc(Br)cc1)N1CCN2CCCC2C1. The van der Waals surface area contributed by atoms with E-state index in [2.05, 4.69) is 56.9 Å². The van der Waals surface area contributed by atoms with Crippen LogP contribution in [-0.4, -0.2) is 48.1 Å². The fourth-order valence-corrected chi connectivity index (χ4v) is 4.14. The lowest BCUT2D eigenvalue weighted by Crippen LogP contribution is -2.54. The van der Waals surface area contributed by atoms with Crippen molar-refractivity contribution in [3.8, 4) is 0 Å². The second-order valence-electron chi connectivity index (χ2n) is 6.40. The third-order valence-electron chi connectivity index (χ3n) is 5.10. The Morgan fingerprint density at radius 3 is 2.71 bits per heavy atom. The summed E-state index contributed by atoms with van der Waals surface area (Å²) in [6.07, 6.45) is 3.73. The van der Waals surface area contributed by atoms with Crippen molar-refractivity contribution in [1.29, 1.82) is 0 Å². The van der Waals surface area contributed by atoms with Gasteiger partial charge in [-0.25, -0.2) is 0 Å². The van der Waals surface area contributed by atoms with Crippen molar-refractivity contribution >= 4 is 15.9 Å². The average molecular weight is 352 g/mol. The highest BCUT2D eigenvalue weighted by Gasteiger charge is 2.35. The van der Waals surface area contributed by atoms with E-state index >= 15 is 0 Å². The van der Waals surface area contributed by atoms with E-state index in [9.17, 15) is 0 Å². The molecule has 2 saturated heterocycles. The summed E-state index contributed by atoms with van der Waals surface area (Å²) >= 11 is 3.53. The van der Waals surface area contributed by atoms with Gasteiger partial charge in [0.25, 0.3) is 0 Å². The van der Waals surface area contributed by atoms with Crippen molar-refractivity contribution < 1.29 is 0 Å². The Morgan fingerprint density at radius 2 is 2.00 bits per heavy atom. The molecule has 3 atom stereocenters. The fraction of sp³-hybridized carbons (Fsp3) is 0.647. The molecule has 3 unspecified atom stereocenters. The predicted octanol–water partition coefficient (Wildman–Crippen LogP) is 3.01. The van der Waals surface area contributed by atoms with Crippen LogP contribution in [0.15, 0.2) is 28.7 Å². The summed E-state index contributed by atoms with van der Waals surface area (Å²) in [5.74, 6) is 0. The van der Waals surface area contributed by atoms with Crippen LogP contribution in [0, 0.1) is 0 Å². The molecular weight excluding hydrogens is 326 g/mol. The number of nitrogens with zero attached hydrogens (tertiary/aromatic N) is 2. The highest BCUT2D eigenvalue weighted by Crippen LogP contribution is 2.31. The van der Waals surface area contributed by atoms with E-state index in [0.29, 0.717) is 6.04 Å². The van der Waals surface area contributed by atoms with Crippen molar-refractivity contribution in [2.45, 2.75) is 44.3 Å². The predicted molar refractivity (Wildman–Crippen MR) is 91.3 cm³/mol. The van der Waals surface area contributed by atoms with Gasteiger partial charge in [0, 0.05) is 42.2 Å². The van der Waals surface area contributed by atoms with Crippen LogP contribution in [0.1, 0.15) is 37.8 Å². The third-order valence-corrected chi connectivity index (χ3v) is 5.63. The molecule has 0 aliphatic carbocycles. The molecule has 4 heteroatoms. The van der Waals surface area contributed by atoms with E-state index in [1.807, 2.05) is 0 Å². The van der Waals surface area contributed by atoms with Crippen LogP contribution in [0.3, 0.4) is 0 Å². The third kappa shape index (κ3) is 3.34. The van der Waals surface area contributed by atoms with E-state index in [-0.39, 0.29) is 6.04 Å². The monoisotopic (exact) mass is 351 g/mol. The summed E-state index contributed by atoms with van der Waals surface area (Å²) in [6.45, 7) is 7.01. The molecule has 1 aromatic carbocycles. The number of nitrogens with two attached hydrogens (primary N) is 1. The number of benzene rings is 1. The van der Waals surface area contributed by atoms with Gasteiger partial charge in [0.1, 0.15) is 0 Å². The van der Waals surface area contributed by atoms with Gasteiger partial charge >= 0.3 is 0 Å². The molecule has 2 heterocycles. The summed E-state index contributed by atoms with van der Waals surface area (Å²) in [4.78, 5) is 5.29. The lowest BCUT2D eigenvalue weighted by molar-refractivity contribution is 0.0608. The maximum absolute atomic E-state index is 6.49. The Balaban J connectivity index is 1.80. The zero-order valence-electron chi connectivity index (χ0n) is 12.8. The largest absolute Gasteiger partial charge is 0.326 e. The Labute approximate surface area is 136 Å². The number of rotatable bonds is 4. The molecule has 0 radical (unpaired) electrons. The summed E-state index contributed by atoms with van der Waals surface area (Å²) in [7, 11) is 0. The van der Waals surface area contributed by atoms with Crippen LogP contribution in [-0.2, 0) is 0 Å². The van der Waals surface area contributed by atoms with Crippen molar-refractivity contribution in [3.05, 3.63) is 34.3 Å². The first-order chi connectivity index (χ1) is 10.2. The van der Waals surface area contributed by atoms with E-state index in [4.69, 9.17) is 5.73 Å². The Hall–Kier alpha value is -0.420. The second-order valence-corrected chi connectivity index (χ2v) is 7.31. The summed E-state index contributed by atoms with van der Waals surface area (Å²) in [5.41, 5.74) is 7.85. The number of fused-ring (bicyclic) bond motifs is 1. The van der Waals surface area contributed by atoms with Crippen LogP contribution in [0.4, 0.5) is 0 Å². The van der Waals surface area contributed by atoms with Crippen molar-refractivity contribution in [1.82, 2.24) is 9.80 Å². The maximum Gasteiger partial charge on any atom is 0.0500 e. The summed E-state index contributed by atoms with van der Waals surface area (Å²) < 4.78 is 1.13. The molecule has 2 N–H and O–H groups in total. The molecule has 2 fully saturated rings. The molecular formula is C17H26BrN3. The second kappa shape index (κ2) is 6.78. The molecule has 2 aliphatic rings. The average Bonchev–Trinajstić information content (AvgIpc) is 2.97. The van der Waals surface area contributed by atoms with E-state index in [1.54, 1.807) is 0 Å². The molecule has 3 nitrogen and oxygen atoms in total. The Bertz CT molecular complexity index is 462. The van der Waals surface area contributed by atoms with Crippen molar-refractivity contribution in [2.75, 3.05) is 26.2 Å². The molecule has 0 aromatic heterocycles. The standard InChI is InChI=1S/C17H26BrN3/c1-2-16(19)17(13-5-7-14(18)8-6-13)21-11-10-20-9-3-4-15(20)12-21/h5-8,15-17H,2-4,9-12,19H2,1H3. The summed E-state index contributed by atoms with van der Waals surface area (Å²) in [6, 6.07) is 10.0. The Kier molecular flexibility index (Phi) is 4.99. The van der Waals surface area contributed by atoms with Gasteiger partial charge in [0.05, 0.1) is 0 Å². The minimum atomic E-state index is 0.208. The van der Waals surface area contributed by atoms with Gasteiger partial charge in [-0.15, -0.1) is 0 Å². The van der Waals surface area contributed by atoms with Crippen molar-refractivity contribution in [2.24, 2.45) is 5.73 Å². The number of hydrogen-bond acceptors (Lipinski definition) is 3. The zero-order valence-corrected chi connectivity index (χ0v) is 14.4. The van der Waals surface area contributed by atoms with Crippen LogP contribution >= 0.6 is 15.9 Å². The minimum Gasteiger partial charge on any atom is -0.326 e. The first-order valence-electron chi connectivity index (χ1n) is 8.18. The maximum atomic E-state index is 6.49. The van der Waals surface area contributed by atoms with Gasteiger partial charge in [-0.2, -0.15) is 0 Å². The number of halogens is 1. The van der Waals surface area contributed by atoms with Gasteiger partial charge < -0.3 is 5.73 Å². The molecule has 0 amide bonds. The van der Waals surface area contributed by atoms with Crippen LogP contribution < -0.4 is 5.73 Å². The quantitative estimate of drug-likeness (QED) is 0.904. The van der Waals surface area contributed by atoms with Gasteiger partial charge in [-0.05, 0) is 43.5 Å². The van der Waals surface area contributed by atoms with E-state index < -0.39 is 0 Å². The molecule has 3 rings (SSSR count). The lowest BCUT2D eigenvalue weighted by atomic mass is 9.95. The number of piperazine rings is 1. The highest BCUT2D eigenvalue weighted by atomic mass is 79.9. The lowest BCUT2D eigenvalue weighted by Gasteiger charge is -2.43. The van der Waals surface area contributed by atoms with Crippen molar-refractivity contribution in [3.63, 3.8) is 0 Å². The van der Waals surface area contributed by atoms with E-state index in [0.717, 1.165) is 23.5 Å². The molecule has 0 bridgehead atoms. The highest BCUT2D eigenvalue weighted by molar-refractivity contribution is 9.10. The molecule has 2 aliphatic heterocycles. The van der Waals surface area contributed by atoms with Crippen LogP contribution in [0.25, 0.3) is 0 Å². The van der Waals surface area contributed by atoms with Crippen LogP contribution in [0.2, 0.25) is 0 Å². The molecule has 1 aromatic rings. The fourth-order valence-electron chi connectivity index (χ4n) is 3.88. The zero-order chi connectivity index (χ0) is 14.8. The molecule has 21 heavy (non-hydrogen) atoms. The summed E-state index contributed by atoms with van der Waals surface area (Å²) in [5, 5.41) is 0. The Morgan fingerprint density at radius 1 is 1.24 bits per heavy atom. The van der Waals surface area contributed by atoms with E-state index in [1.165, 1.54) is 38.0 Å². The first kappa shape index (κ1) is 15.5. The van der Waals surface area contributed by atoms with Gasteiger partial charge in [-0.1, -0.05) is 35.0 Å². The number of hydrogen-bond donors (Lipinski definition) is 1. The van der Waals surface area contributed by atoms with Gasteiger partial charge in [0.2, 0.25) is 0 Å². The minimum absolute atomic E-state index is 0.208. The normalized spacial score (nSPS) is 26.5. The topological polar surface area (TPSA) is 32.5 Å². The van der Waals surface area contributed by atoms with Gasteiger partial charge in [-0.3, -0.25) is 9.80 Å². The molecule has 116 valence electrons.